The molecule has 0 amide bonds. The highest BCUT2D eigenvalue weighted by molar-refractivity contribution is 6.28. The number of hydrogen-bond acceptors (Lipinski definition) is 3. The van der Waals surface area contributed by atoms with Crippen molar-refractivity contribution in [3.05, 3.63) is 52.4 Å². The Morgan fingerprint density at radius 1 is 1.22 bits per heavy atom. The van der Waals surface area contributed by atoms with E-state index < -0.39 is 11.6 Å². The largest absolute Gasteiger partial charge is 0.366 e. The Kier molecular flexibility index (Phi) is 3.72. The molecule has 0 saturated heterocycles. The van der Waals surface area contributed by atoms with Crippen LogP contribution in [0.2, 0.25) is 5.28 Å². The molecule has 1 heterocycles. The van der Waals surface area contributed by atoms with Crippen LogP contribution in [-0.4, -0.2) is 9.97 Å². The SMILES string of the molecule is Cc1cc(NCc2cc(F)ccc2F)nc(Cl)n1. The molecule has 3 nitrogen and oxygen atoms in total. The maximum absolute atomic E-state index is 13.4. The summed E-state index contributed by atoms with van der Waals surface area (Å²) in [5.41, 5.74) is 0.916. The van der Waals surface area contributed by atoms with Gasteiger partial charge < -0.3 is 5.32 Å². The summed E-state index contributed by atoms with van der Waals surface area (Å²) in [6.45, 7) is 1.89. The second-order valence-corrected chi connectivity index (χ2v) is 4.09. The molecule has 0 unspecified atom stereocenters. The van der Waals surface area contributed by atoms with Crippen LogP contribution in [0.3, 0.4) is 0 Å². The van der Waals surface area contributed by atoms with Crippen LogP contribution in [0.15, 0.2) is 24.3 Å². The van der Waals surface area contributed by atoms with Gasteiger partial charge in [0, 0.05) is 23.9 Å². The first kappa shape index (κ1) is 12.7. The summed E-state index contributed by atoms with van der Waals surface area (Å²) >= 11 is 5.69. The highest BCUT2D eigenvalue weighted by Gasteiger charge is 2.05. The molecule has 2 aromatic rings. The van der Waals surface area contributed by atoms with Gasteiger partial charge >= 0.3 is 0 Å². The highest BCUT2D eigenvalue weighted by Crippen LogP contribution is 2.14. The van der Waals surface area contributed by atoms with E-state index >= 15 is 0 Å². The van der Waals surface area contributed by atoms with Crippen LogP contribution >= 0.6 is 11.6 Å². The lowest BCUT2D eigenvalue weighted by atomic mass is 10.2. The molecule has 0 aliphatic carbocycles. The fourth-order valence-electron chi connectivity index (χ4n) is 1.49. The van der Waals surface area contributed by atoms with Gasteiger partial charge in [0.05, 0.1) is 0 Å². The third-order valence-corrected chi connectivity index (χ3v) is 2.46. The van der Waals surface area contributed by atoms with E-state index in [0.29, 0.717) is 11.5 Å². The molecule has 1 aromatic heterocycles. The van der Waals surface area contributed by atoms with Gasteiger partial charge in [0.15, 0.2) is 0 Å². The molecule has 0 radical (unpaired) electrons. The summed E-state index contributed by atoms with van der Waals surface area (Å²) in [5, 5.41) is 2.98. The number of halogens is 3. The second kappa shape index (κ2) is 5.27. The average molecular weight is 270 g/mol. The summed E-state index contributed by atoms with van der Waals surface area (Å²) in [5.74, 6) is -0.484. The quantitative estimate of drug-likeness (QED) is 0.869. The molecule has 18 heavy (non-hydrogen) atoms. The first-order valence-electron chi connectivity index (χ1n) is 5.23. The topological polar surface area (TPSA) is 37.8 Å². The Morgan fingerprint density at radius 3 is 2.72 bits per heavy atom. The molecule has 0 saturated carbocycles. The smallest absolute Gasteiger partial charge is 0.224 e. The van der Waals surface area contributed by atoms with Gasteiger partial charge in [0.2, 0.25) is 5.28 Å². The number of nitrogens with zero attached hydrogens (tertiary/aromatic N) is 2. The lowest BCUT2D eigenvalue weighted by molar-refractivity contribution is 0.587. The molecular formula is C12H10ClF2N3. The van der Waals surface area contributed by atoms with Crippen molar-refractivity contribution in [3.8, 4) is 0 Å². The number of aryl methyl sites for hydroxylation is 1. The normalized spacial score (nSPS) is 10.4. The molecule has 0 spiro atoms. The van der Waals surface area contributed by atoms with Crippen LogP contribution in [0.1, 0.15) is 11.3 Å². The Hall–Kier alpha value is -1.75. The molecule has 1 N–H and O–H groups in total. The first-order chi connectivity index (χ1) is 8.54. The fraction of sp³-hybridized carbons (Fsp3) is 0.167. The van der Waals surface area contributed by atoms with Gasteiger partial charge in [-0.05, 0) is 36.7 Å². The van der Waals surface area contributed by atoms with Gasteiger partial charge in [-0.1, -0.05) is 0 Å². The minimum absolute atomic E-state index is 0.109. The van der Waals surface area contributed by atoms with Crippen LogP contribution in [0.4, 0.5) is 14.6 Å². The summed E-state index contributed by atoms with van der Waals surface area (Å²) < 4.78 is 26.3. The van der Waals surface area contributed by atoms with Gasteiger partial charge in [-0.2, -0.15) is 0 Å². The van der Waals surface area contributed by atoms with Crippen molar-refractivity contribution in [1.29, 1.82) is 0 Å². The number of benzene rings is 1. The van der Waals surface area contributed by atoms with E-state index in [0.717, 1.165) is 18.2 Å². The van der Waals surface area contributed by atoms with E-state index in [4.69, 9.17) is 11.6 Å². The Bertz CT molecular complexity index is 555. The van der Waals surface area contributed by atoms with Crippen molar-refractivity contribution < 1.29 is 8.78 Å². The molecule has 0 atom stereocenters. The van der Waals surface area contributed by atoms with Crippen molar-refractivity contribution >= 4 is 17.4 Å². The molecule has 6 heteroatoms. The highest BCUT2D eigenvalue weighted by atomic mass is 35.5. The number of anilines is 1. The van der Waals surface area contributed by atoms with Crippen LogP contribution in [-0.2, 0) is 6.54 Å². The molecule has 0 bridgehead atoms. The summed E-state index contributed by atoms with van der Waals surface area (Å²) in [4.78, 5) is 7.83. The van der Waals surface area contributed by atoms with E-state index in [1.807, 2.05) is 0 Å². The monoisotopic (exact) mass is 269 g/mol. The van der Waals surface area contributed by atoms with E-state index in [2.05, 4.69) is 15.3 Å². The number of nitrogens with one attached hydrogen (secondary N) is 1. The van der Waals surface area contributed by atoms with Crippen molar-refractivity contribution in [2.24, 2.45) is 0 Å². The molecule has 0 aliphatic heterocycles. The molecule has 2 rings (SSSR count). The zero-order chi connectivity index (χ0) is 13.1. The maximum Gasteiger partial charge on any atom is 0.224 e. The van der Waals surface area contributed by atoms with Crippen LogP contribution in [0, 0.1) is 18.6 Å². The summed E-state index contributed by atoms with van der Waals surface area (Å²) in [6, 6.07) is 4.97. The number of aromatic nitrogens is 2. The van der Waals surface area contributed by atoms with Gasteiger partial charge in [0.1, 0.15) is 17.5 Å². The van der Waals surface area contributed by atoms with E-state index in [9.17, 15) is 8.78 Å². The second-order valence-electron chi connectivity index (χ2n) is 3.75. The van der Waals surface area contributed by atoms with Crippen LogP contribution in [0.5, 0.6) is 0 Å². The lowest BCUT2D eigenvalue weighted by Crippen LogP contribution is -2.05. The van der Waals surface area contributed by atoms with Crippen LogP contribution in [0.25, 0.3) is 0 Å². The minimum Gasteiger partial charge on any atom is -0.366 e. The first-order valence-corrected chi connectivity index (χ1v) is 5.61. The minimum atomic E-state index is -0.481. The van der Waals surface area contributed by atoms with Gasteiger partial charge in [-0.15, -0.1) is 0 Å². The maximum atomic E-state index is 13.4. The van der Waals surface area contributed by atoms with Gasteiger partial charge in [0.25, 0.3) is 0 Å². The van der Waals surface area contributed by atoms with Crippen molar-refractivity contribution in [2.75, 3.05) is 5.32 Å². The number of rotatable bonds is 3. The summed E-state index contributed by atoms with van der Waals surface area (Å²) in [6.07, 6.45) is 0. The predicted octanol–water partition coefficient (Wildman–Crippen LogP) is 3.33. The standard InChI is InChI=1S/C12H10ClF2N3/c1-7-4-11(18-12(13)17-7)16-6-8-5-9(14)2-3-10(8)15/h2-5H,6H2,1H3,(H,16,17,18). The molecule has 1 aromatic carbocycles. The number of hydrogen-bond donors (Lipinski definition) is 1. The third kappa shape index (κ3) is 3.13. The van der Waals surface area contributed by atoms with Crippen molar-refractivity contribution in [1.82, 2.24) is 9.97 Å². The summed E-state index contributed by atoms with van der Waals surface area (Å²) in [7, 11) is 0. The van der Waals surface area contributed by atoms with Gasteiger partial charge in [-0.25, -0.2) is 18.7 Å². The van der Waals surface area contributed by atoms with Crippen molar-refractivity contribution in [3.63, 3.8) is 0 Å². The Labute approximate surface area is 108 Å². The zero-order valence-corrected chi connectivity index (χ0v) is 10.3. The third-order valence-electron chi connectivity index (χ3n) is 2.29. The average Bonchev–Trinajstić information content (AvgIpc) is 2.29. The van der Waals surface area contributed by atoms with Crippen LogP contribution < -0.4 is 5.32 Å². The zero-order valence-electron chi connectivity index (χ0n) is 9.54. The molecule has 0 fully saturated rings. The fourth-order valence-corrected chi connectivity index (χ4v) is 1.71. The van der Waals surface area contributed by atoms with Crippen molar-refractivity contribution in [2.45, 2.75) is 13.5 Å². The molecule has 0 aliphatic rings. The molecular weight excluding hydrogens is 260 g/mol. The predicted molar refractivity (Wildman–Crippen MR) is 65.5 cm³/mol. The van der Waals surface area contributed by atoms with E-state index in [-0.39, 0.29) is 17.4 Å². The lowest BCUT2D eigenvalue weighted by Gasteiger charge is -2.07. The van der Waals surface area contributed by atoms with E-state index in [1.165, 1.54) is 0 Å². The van der Waals surface area contributed by atoms with E-state index in [1.54, 1.807) is 13.0 Å². The Morgan fingerprint density at radius 2 is 2.00 bits per heavy atom. The molecule has 94 valence electrons. The Balaban J connectivity index is 2.13. The van der Waals surface area contributed by atoms with Gasteiger partial charge in [-0.3, -0.25) is 0 Å².